The van der Waals surface area contributed by atoms with Crippen molar-refractivity contribution in [1.29, 1.82) is 5.26 Å². The predicted octanol–water partition coefficient (Wildman–Crippen LogP) is 2.70. The highest BCUT2D eigenvalue weighted by Gasteiger charge is 2.11. The average molecular weight is 223 g/mol. The molecule has 0 bridgehead atoms. The minimum Gasteiger partial charge on any atom is -0.461 e. The number of hydrogen-bond donors (Lipinski definition) is 0. The number of hydrogen-bond acceptors (Lipinski definition) is 3. The molecule has 82 valence electrons. The van der Waals surface area contributed by atoms with Crippen LogP contribution in [0.2, 0.25) is 0 Å². The first-order valence-electron chi connectivity index (χ1n) is 5.20. The summed E-state index contributed by atoms with van der Waals surface area (Å²) in [7, 11) is 1.91. The second-order valence-electron chi connectivity index (χ2n) is 3.79. The lowest BCUT2D eigenvalue weighted by Crippen LogP contribution is -1.91. The molecule has 0 N–H and O–H groups in total. The summed E-state index contributed by atoms with van der Waals surface area (Å²) in [4.78, 5) is 4.49. The molecule has 0 radical (unpaired) electrons. The Morgan fingerprint density at radius 3 is 2.94 bits per heavy atom. The Morgan fingerprint density at radius 2 is 2.24 bits per heavy atom. The number of furan rings is 1. The van der Waals surface area contributed by atoms with Gasteiger partial charge in [0.1, 0.15) is 0 Å². The molecule has 0 spiro atoms. The average Bonchev–Trinajstić information content (AvgIpc) is 2.97. The quantitative estimate of drug-likeness (QED) is 0.637. The number of aromatic nitrogens is 2. The molecule has 0 fully saturated rings. The first-order chi connectivity index (χ1) is 8.29. The van der Waals surface area contributed by atoms with Crippen molar-refractivity contribution in [2.24, 2.45) is 7.05 Å². The molecule has 2 heterocycles. The largest absolute Gasteiger partial charge is 0.461 e. The van der Waals surface area contributed by atoms with Gasteiger partial charge in [0.15, 0.2) is 11.6 Å². The molecular weight excluding hydrogens is 214 g/mol. The van der Waals surface area contributed by atoms with Crippen molar-refractivity contribution < 1.29 is 4.42 Å². The normalized spacial score (nSPS) is 10.6. The molecular formula is C13H9N3O. The van der Waals surface area contributed by atoms with Crippen molar-refractivity contribution in [3.8, 4) is 17.7 Å². The minimum absolute atomic E-state index is 0.631. The zero-order valence-corrected chi connectivity index (χ0v) is 9.21. The van der Waals surface area contributed by atoms with Gasteiger partial charge in [0, 0.05) is 7.05 Å². The van der Waals surface area contributed by atoms with Gasteiger partial charge in [-0.2, -0.15) is 5.26 Å². The Morgan fingerprint density at radius 1 is 1.35 bits per heavy atom. The third-order valence-electron chi connectivity index (χ3n) is 2.75. The summed E-state index contributed by atoms with van der Waals surface area (Å²) in [6.45, 7) is 0. The van der Waals surface area contributed by atoms with E-state index in [0.717, 1.165) is 22.6 Å². The molecule has 3 aromatic rings. The van der Waals surface area contributed by atoms with Gasteiger partial charge in [-0.05, 0) is 30.3 Å². The standard InChI is InChI=1S/C13H9N3O/c1-16-11-7-9(8-14)4-5-10(11)15-13(16)12-3-2-6-17-12/h2-7H,1H3. The van der Waals surface area contributed by atoms with Crippen molar-refractivity contribution in [2.75, 3.05) is 0 Å². The topological polar surface area (TPSA) is 54.8 Å². The molecule has 2 aromatic heterocycles. The number of nitriles is 1. The summed E-state index contributed by atoms with van der Waals surface area (Å²) in [6, 6.07) is 11.3. The minimum atomic E-state index is 0.631. The third-order valence-corrected chi connectivity index (χ3v) is 2.75. The van der Waals surface area contributed by atoms with E-state index in [4.69, 9.17) is 9.68 Å². The van der Waals surface area contributed by atoms with Crippen LogP contribution in [0.15, 0.2) is 41.0 Å². The smallest absolute Gasteiger partial charge is 0.176 e. The highest BCUT2D eigenvalue weighted by Crippen LogP contribution is 2.24. The first kappa shape index (κ1) is 9.67. The molecule has 0 aliphatic heterocycles. The second kappa shape index (κ2) is 3.49. The van der Waals surface area contributed by atoms with Crippen LogP contribution in [0.5, 0.6) is 0 Å². The van der Waals surface area contributed by atoms with Gasteiger partial charge < -0.3 is 8.98 Å². The van der Waals surface area contributed by atoms with Crippen LogP contribution in [0.4, 0.5) is 0 Å². The van der Waals surface area contributed by atoms with E-state index in [-0.39, 0.29) is 0 Å². The molecule has 17 heavy (non-hydrogen) atoms. The SMILES string of the molecule is Cn1c(-c2ccco2)nc2ccc(C#N)cc21. The molecule has 0 saturated carbocycles. The number of imidazole rings is 1. The predicted molar refractivity (Wildman–Crippen MR) is 63.1 cm³/mol. The Bertz CT molecular complexity index is 717. The van der Waals surface area contributed by atoms with E-state index in [2.05, 4.69) is 11.1 Å². The number of aryl methyl sites for hydroxylation is 1. The summed E-state index contributed by atoms with van der Waals surface area (Å²) in [5.41, 5.74) is 2.42. The van der Waals surface area contributed by atoms with Gasteiger partial charge in [0.25, 0.3) is 0 Å². The monoisotopic (exact) mass is 223 g/mol. The number of nitrogens with zero attached hydrogens (tertiary/aromatic N) is 3. The van der Waals surface area contributed by atoms with Gasteiger partial charge in [-0.3, -0.25) is 0 Å². The van der Waals surface area contributed by atoms with E-state index in [1.807, 2.05) is 35.9 Å². The highest BCUT2D eigenvalue weighted by molar-refractivity contribution is 5.81. The maximum absolute atomic E-state index is 8.88. The molecule has 1 aromatic carbocycles. The molecule has 4 nitrogen and oxygen atoms in total. The van der Waals surface area contributed by atoms with Gasteiger partial charge in [-0.25, -0.2) is 4.98 Å². The maximum atomic E-state index is 8.88. The zero-order valence-electron chi connectivity index (χ0n) is 9.21. The van der Waals surface area contributed by atoms with Crippen LogP contribution in [0, 0.1) is 11.3 Å². The number of benzene rings is 1. The third kappa shape index (κ3) is 1.41. The lowest BCUT2D eigenvalue weighted by molar-refractivity contribution is 0.574. The maximum Gasteiger partial charge on any atom is 0.176 e. The van der Waals surface area contributed by atoms with Gasteiger partial charge >= 0.3 is 0 Å². The summed E-state index contributed by atoms with van der Waals surface area (Å²) in [5.74, 6) is 1.49. The van der Waals surface area contributed by atoms with Crippen molar-refractivity contribution >= 4 is 11.0 Å². The summed E-state index contributed by atoms with van der Waals surface area (Å²) in [5, 5.41) is 8.88. The van der Waals surface area contributed by atoms with Crippen molar-refractivity contribution in [2.45, 2.75) is 0 Å². The Hall–Kier alpha value is -2.54. The molecule has 0 saturated heterocycles. The highest BCUT2D eigenvalue weighted by atomic mass is 16.3. The van der Waals surface area contributed by atoms with Crippen LogP contribution in [-0.4, -0.2) is 9.55 Å². The van der Waals surface area contributed by atoms with E-state index in [1.54, 1.807) is 12.3 Å². The fourth-order valence-electron chi connectivity index (χ4n) is 1.89. The molecule has 0 aliphatic rings. The van der Waals surface area contributed by atoms with Crippen LogP contribution in [0.3, 0.4) is 0 Å². The second-order valence-corrected chi connectivity index (χ2v) is 3.79. The van der Waals surface area contributed by atoms with Gasteiger partial charge in [-0.1, -0.05) is 0 Å². The Labute approximate surface area is 97.7 Å². The molecule has 0 unspecified atom stereocenters. The molecule has 3 rings (SSSR count). The van der Waals surface area contributed by atoms with Crippen molar-refractivity contribution in [3.63, 3.8) is 0 Å². The van der Waals surface area contributed by atoms with Crippen LogP contribution < -0.4 is 0 Å². The number of fused-ring (bicyclic) bond motifs is 1. The van der Waals surface area contributed by atoms with Gasteiger partial charge in [-0.15, -0.1) is 0 Å². The Balaban J connectivity index is 2.30. The molecule has 0 amide bonds. The molecule has 0 atom stereocenters. The summed E-state index contributed by atoms with van der Waals surface area (Å²) >= 11 is 0. The van der Waals surface area contributed by atoms with Crippen LogP contribution >= 0.6 is 0 Å². The van der Waals surface area contributed by atoms with E-state index in [9.17, 15) is 0 Å². The van der Waals surface area contributed by atoms with Crippen molar-refractivity contribution in [1.82, 2.24) is 9.55 Å². The van der Waals surface area contributed by atoms with E-state index < -0.39 is 0 Å². The van der Waals surface area contributed by atoms with Gasteiger partial charge in [0.2, 0.25) is 0 Å². The summed E-state index contributed by atoms with van der Waals surface area (Å²) < 4.78 is 7.26. The van der Waals surface area contributed by atoms with Crippen molar-refractivity contribution in [3.05, 3.63) is 42.2 Å². The lowest BCUT2D eigenvalue weighted by Gasteiger charge is -1.98. The molecule has 0 aliphatic carbocycles. The number of rotatable bonds is 1. The van der Waals surface area contributed by atoms with E-state index in [1.165, 1.54) is 0 Å². The zero-order chi connectivity index (χ0) is 11.8. The first-order valence-corrected chi connectivity index (χ1v) is 5.20. The van der Waals surface area contributed by atoms with E-state index >= 15 is 0 Å². The fourth-order valence-corrected chi connectivity index (χ4v) is 1.89. The van der Waals surface area contributed by atoms with Crippen LogP contribution in [-0.2, 0) is 7.05 Å². The van der Waals surface area contributed by atoms with E-state index in [0.29, 0.717) is 5.56 Å². The fraction of sp³-hybridized carbons (Fsp3) is 0.0769. The van der Waals surface area contributed by atoms with Gasteiger partial charge in [0.05, 0.1) is 28.9 Å². The Kier molecular flexibility index (Phi) is 1.99. The lowest BCUT2D eigenvalue weighted by atomic mass is 10.2. The van der Waals surface area contributed by atoms with Crippen LogP contribution in [0.1, 0.15) is 5.56 Å². The molecule has 4 heteroatoms. The summed E-state index contributed by atoms with van der Waals surface area (Å²) in [6.07, 6.45) is 1.62. The van der Waals surface area contributed by atoms with Crippen LogP contribution in [0.25, 0.3) is 22.6 Å².